The van der Waals surface area contributed by atoms with Gasteiger partial charge in [-0.1, -0.05) is 139 Å². The monoisotopic (exact) mass is 688 g/mol. The molecule has 0 saturated carbocycles. The molecule has 10 rings (SSSR count). The number of benzene rings is 7. The van der Waals surface area contributed by atoms with Gasteiger partial charge in [-0.25, -0.2) is 4.98 Å². The molecule has 1 aliphatic carbocycles. The maximum absolute atomic E-state index is 6.93. The molecule has 0 unspecified atom stereocenters. The lowest BCUT2D eigenvalue weighted by Gasteiger charge is -2.42. The van der Waals surface area contributed by atoms with Crippen LogP contribution in [-0.4, -0.2) is 9.55 Å². The fraction of sp³-hybridized carbons (Fsp3) is 0.220. The Morgan fingerprint density at radius 2 is 1.32 bits per heavy atom. The summed E-state index contributed by atoms with van der Waals surface area (Å²) in [5, 5.41) is 7.11. The van der Waals surface area contributed by atoms with E-state index in [-0.39, 0.29) is 16.7 Å². The largest absolute Gasteiger partial charge is 0.455 e. The zero-order valence-electron chi connectivity index (χ0n) is 31.4. The Morgan fingerprint density at radius 1 is 0.604 bits per heavy atom. The first kappa shape index (κ1) is 32.0. The summed E-state index contributed by atoms with van der Waals surface area (Å²) in [6.07, 6.45) is 2.38. The summed E-state index contributed by atoms with van der Waals surface area (Å²) in [5.74, 6) is 1.18. The van der Waals surface area contributed by atoms with Crippen LogP contribution in [0.25, 0.3) is 82.7 Å². The molecule has 0 N–H and O–H groups in total. The van der Waals surface area contributed by atoms with E-state index in [0.29, 0.717) is 0 Å². The van der Waals surface area contributed by atoms with Crippen LogP contribution in [0.1, 0.15) is 77.0 Å². The quantitative estimate of drug-likeness (QED) is 0.172. The van der Waals surface area contributed by atoms with Crippen molar-refractivity contribution in [3.8, 4) is 28.2 Å². The highest BCUT2D eigenvalue weighted by molar-refractivity contribution is 6.17. The van der Waals surface area contributed by atoms with Crippen molar-refractivity contribution < 1.29 is 4.42 Å². The number of aromatic nitrogens is 2. The molecule has 0 fully saturated rings. The van der Waals surface area contributed by atoms with Gasteiger partial charge in [0.05, 0.1) is 22.3 Å². The summed E-state index contributed by atoms with van der Waals surface area (Å²) in [6.45, 7) is 14.2. The van der Waals surface area contributed by atoms with Gasteiger partial charge in [0, 0.05) is 16.3 Å². The van der Waals surface area contributed by atoms with Crippen LogP contribution in [0.2, 0.25) is 0 Å². The first-order valence-electron chi connectivity index (χ1n) is 19.1. The van der Waals surface area contributed by atoms with Crippen LogP contribution in [0.4, 0.5) is 0 Å². The Balaban J connectivity index is 1.26. The van der Waals surface area contributed by atoms with Crippen molar-refractivity contribution in [1.29, 1.82) is 0 Å². The van der Waals surface area contributed by atoms with Gasteiger partial charge in [0.15, 0.2) is 0 Å². The second-order valence-electron chi connectivity index (χ2n) is 16.8. The lowest BCUT2D eigenvalue weighted by Crippen LogP contribution is -2.33. The van der Waals surface area contributed by atoms with Crippen molar-refractivity contribution in [3.05, 3.63) is 144 Å². The van der Waals surface area contributed by atoms with Crippen LogP contribution in [-0.2, 0) is 10.8 Å². The van der Waals surface area contributed by atoms with Crippen molar-refractivity contribution in [2.45, 2.75) is 71.1 Å². The van der Waals surface area contributed by atoms with E-state index in [1.54, 1.807) is 0 Å². The summed E-state index contributed by atoms with van der Waals surface area (Å²) in [5.41, 5.74) is 12.9. The number of para-hydroxylation sites is 4. The summed E-state index contributed by atoms with van der Waals surface area (Å²) in [7, 11) is 0. The van der Waals surface area contributed by atoms with Crippen molar-refractivity contribution in [2.24, 2.45) is 0 Å². The van der Waals surface area contributed by atoms with Crippen LogP contribution in [0.15, 0.2) is 132 Å². The van der Waals surface area contributed by atoms with E-state index >= 15 is 0 Å². The van der Waals surface area contributed by atoms with E-state index in [1.807, 2.05) is 0 Å². The van der Waals surface area contributed by atoms with Crippen molar-refractivity contribution >= 4 is 54.5 Å². The molecule has 1 aliphatic rings. The van der Waals surface area contributed by atoms with E-state index in [4.69, 9.17) is 9.40 Å². The molecular weight excluding hydrogens is 645 g/mol. The van der Waals surface area contributed by atoms with Crippen molar-refractivity contribution in [3.63, 3.8) is 0 Å². The number of hydrogen-bond donors (Lipinski definition) is 0. The Labute approximate surface area is 310 Å². The Bertz CT molecular complexity index is 2930. The molecule has 2 heterocycles. The molecule has 0 amide bonds. The SMILES string of the molecule is CC(C)c1cccc(-c2ccc3c(c2)C(C)(C)CCC3(C)C)c1-n1c(-c2cccc3c2oc2cc4c(ccc5ccccc54)cc23)nc2ccccc21. The molecule has 0 spiro atoms. The maximum atomic E-state index is 6.93. The van der Waals surface area contributed by atoms with Crippen LogP contribution in [0.3, 0.4) is 0 Å². The number of rotatable bonds is 4. The number of hydrogen-bond acceptors (Lipinski definition) is 2. The molecular formula is C50H44N2O. The van der Waals surface area contributed by atoms with Crippen LogP contribution < -0.4 is 0 Å². The predicted molar refractivity (Wildman–Crippen MR) is 224 cm³/mol. The molecule has 260 valence electrons. The number of fused-ring (bicyclic) bond motifs is 8. The lowest BCUT2D eigenvalue weighted by molar-refractivity contribution is 0.332. The zero-order chi connectivity index (χ0) is 36.2. The fourth-order valence-corrected chi connectivity index (χ4v) is 9.17. The second kappa shape index (κ2) is 11.4. The number of furan rings is 1. The highest BCUT2D eigenvalue weighted by Gasteiger charge is 2.37. The minimum atomic E-state index is 0.109. The lowest BCUT2D eigenvalue weighted by atomic mass is 9.63. The molecule has 0 aliphatic heterocycles. The van der Waals surface area contributed by atoms with E-state index in [2.05, 4.69) is 174 Å². The summed E-state index contributed by atoms with van der Waals surface area (Å²) < 4.78 is 9.34. The number of nitrogens with zero attached hydrogens (tertiary/aromatic N) is 2. The minimum absolute atomic E-state index is 0.109. The fourth-order valence-electron chi connectivity index (χ4n) is 9.17. The molecule has 0 radical (unpaired) electrons. The molecule has 53 heavy (non-hydrogen) atoms. The van der Waals surface area contributed by atoms with Gasteiger partial charge in [-0.05, 0) is 104 Å². The minimum Gasteiger partial charge on any atom is -0.455 e. The topological polar surface area (TPSA) is 31.0 Å². The molecule has 0 atom stereocenters. The van der Waals surface area contributed by atoms with Gasteiger partial charge in [0.2, 0.25) is 0 Å². The van der Waals surface area contributed by atoms with E-state index in [9.17, 15) is 0 Å². The first-order chi connectivity index (χ1) is 25.6. The van der Waals surface area contributed by atoms with E-state index in [0.717, 1.165) is 44.4 Å². The highest BCUT2D eigenvalue weighted by atomic mass is 16.3. The Hall–Kier alpha value is -5.67. The average Bonchev–Trinajstić information content (AvgIpc) is 3.73. The molecule has 3 nitrogen and oxygen atoms in total. The Morgan fingerprint density at radius 3 is 2.17 bits per heavy atom. The molecule has 0 saturated heterocycles. The van der Waals surface area contributed by atoms with E-state index in [1.165, 1.54) is 67.9 Å². The van der Waals surface area contributed by atoms with Crippen molar-refractivity contribution in [1.82, 2.24) is 9.55 Å². The first-order valence-corrected chi connectivity index (χ1v) is 19.1. The zero-order valence-corrected chi connectivity index (χ0v) is 31.4. The molecule has 0 bridgehead atoms. The van der Waals surface area contributed by atoms with Crippen LogP contribution >= 0.6 is 0 Å². The Kier molecular flexibility index (Phi) is 6.89. The normalized spacial score (nSPS) is 15.3. The third-order valence-electron chi connectivity index (χ3n) is 12.2. The molecule has 7 aromatic carbocycles. The summed E-state index contributed by atoms with van der Waals surface area (Å²) in [4.78, 5) is 5.43. The van der Waals surface area contributed by atoms with Crippen LogP contribution in [0.5, 0.6) is 0 Å². The molecule has 9 aromatic rings. The van der Waals surface area contributed by atoms with Gasteiger partial charge < -0.3 is 4.42 Å². The van der Waals surface area contributed by atoms with E-state index < -0.39 is 0 Å². The molecule has 2 aromatic heterocycles. The molecule has 3 heteroatoms. The smallest absolute Gasteiger partial charge is 0.149 e. The summed E-state index contributed by atoms with van der Waals surface area (Å²) in [6, 6.07) is 46.7. The summed E-state index contributed by atoms with van der Waals surface area (Å²) >= 11 is 0. The third kappa shape index (κ3) is 4.83. The van der Waals surface area contributed by atoms with Crippen LogP contribution in [0, 0.1) is 0 Å². The third-order valence-corrected chi connectivity index (χ3v) is 12.2. The van der Waals surface area contributed by atoms with Gasteiger partial charge in [0.25, 0.3) is 0 Å². The van der Waals surface area contributed by atoms with Gasteiger partial charge >= 0.3 is 0 Å². The van der Waals surface area contributed by atoms with Crippen molar-refractivity contribution in [2.75, 3.05) is 0 Å². The maximum Gasteiger partial charge on any atom is 0.149 e. The predicted octanol–water partition coefficient (Wildman–Crippen LogP) is 14.0. The number of imidazole rings is 1. The second-order valence-corrected chi connectivity index (χ2v) is 16.8. The van der Waals surface area contributed by atoms with Gasteiger partial charge in [-0.2, -0.15) is 0 Å². The van der Waals surface area contributed by atoms with Gasteiger partial charge in [-0.3, -0.25) is 4.57 Å². The van der Waals surface area contributed by atoms with Gasteiger partial charge in [0.1, 0.15) is 17.0 Å². The standard InChI is InChI=1S/C50H44N2O/c1-30(2)34-15-11-16-36(33-23-24-41-42(28-33)50(5,6)26-25-49(41,3)4)46(34)52-44-20-10-9-19-43(44)51-48(52)38-18-12-17-37-40-27-32-22-21-31-13-7-8-14-35(31)39(32)29-45(40)53-47(37)38/h7-24,27-30H,25-26H2,1-6H3. The highest BCUT2D eigenvalue weighted by Crippen LogP contribution is 2.48. The van der Waals surface area contributed by atoms with Gasteiger partial charge in [-0.15, -0.1) is 0 Å². The average molecular weight is 689 g/mol.